The molecule has 2 N–H and O–H groups in total. The maximum absolute atomic E-state index is 11.6. The summed E-state index contributed by atoms with van der Waals surface area (Å²) in [7, 11) is -3.13. The van der Waals surface area contributed by atoms with Crippen LogP contribution in [-0.4, -0.2) is 46.5 Å². The average molecular weight is 278 g/mol. The van der Waals surface area contributed by atoms with Gasteiger partial charge in [0.25, 0.3) is 0 Å². The molecule has 6 heteroatoms. The van der Waals surface area contributed by atoms with Gasteiger partial charge in [-0.15, -0.1) is 0 Å². The van der Waals surface area contributed by atoms with Gasteiger partial charge in [0.2, 0.25) is 10.0 Å². The number of sulfonamides is 1. The van der Waals surface area contributed by atoms with E-state index >= 15 is 0 Å². The summed E-state index contributed by atoms with van der Waals surface area (Å²) in [6.45, 7) is 6.46. The predicted octanol–water partition coefficient (Wildman–Crippen LogP) is 0.721. The van der Waals surface area contributed by atoms with Gasteiger partial charge in [-0.3, -0.25) is 0 Å². The fourth-order valence-electron chi connectivity index (χ4n) is 1.53. The fraction of sp³-hybridized carbons (Fsp3) is 1.00. The summed E-state index contributed by atoms with van der Waals surface area (Å²) >= 11 is 0. The van der Waals surface area contributed by atoms with Crippen molar-refractivity contribution in [2.75, 3.05) is 32.1 Å². The van der Waals surface area contributed by atoms with Crippen molar-refractivity contribution in [2.45, 2.75) is 39.2 Å². The van der Waals surface area contributed by atoms with Gasteiger partial charge in [0.1, 0.15) is 0 Å². The Labute approximate surface area is 111 Å². The summed E-state index contributed by atoms with van der Waals surface area (Å²) in [4.78, 5) is 0. The van der Waals surface area contributed by atoms with Crippen LogP contribution in [0.25, 0.3) is 0 Å². The van der Waals surface area contributed by atoms with E-state index in [0.29, 0.717) is 25.6 Å². The number of rotatable bonds is 11. The highest BCUT2D eigenvalue weighted by Gasteiger charge is 2.21. The molecule has 0 aromatic rings. The van der Waals surface area contributed by atoms with Crippen molar-refractivity contribution in [1.82, 2.24) is 10.0 Å². The topological polar surface area (TPSA) is 67.4 Å². The molecule has 1 aliphatic rings. The maximum atomic E-state index is 11.6. The van der Waals surface area contributed by atoms with E-state index in [2.05, 4.69) is 10.0 Å². The van der Waals surface area contributed by atoms with Crippen molar-refractivity contribution in [1.29, 1.82) is 0 Å². The van der Waals surface area contributed by atoms with Crippen molar-refractivity contribution in [2.24, 2.45) is 5.92 Å². The Morgan fingerprint density at radius 1 is 1.28 bits per heavy atom. The van der Waals surface area contributed by atoms with Gasteiger partial charge in [-0.05, 0) is 31.7 Å². The van der Waals surface area contributed by atoms with Gasteiger partial charge in [0.15, 0.2) is 0 Å². The van der Waals surface area contributed by atoms with Crippen LogP contribution in [0.4, 0.5) is 0 Å². The SMILES string of the molecule is CC(C)NCCCS(=O)(=O)NCCOCC1CC1. The number of nitrogens with one attached hydrogen (secondary N) is 2. The highest BCUT2D eigenvalue weighted by Crippen LogP contribution is 2.28. The van der Waals surface area contributed by atoms with Crippen molar-refractivity contribution in [3.63, 3.8) is 0 Å². The van der Waals surface area contributed by atoms with Gasteiger partial charge in [0, 0.05) is 19.2 Å². The van der Waals surface area contributed by atoms with Gasteiger partial charge in [-0.1, -0.05) is 13.8 Å². The molecule has 0 atom stereocenters. The Bertz CT molecular complexity index is 313. The van der Waals surface area contributed by atoms with Crippen LogP contribution in [0.15, 0.2) is 0 Å². The van der Waals surface area contributed by atoms with Crippen LogP contribution >= 0.6 is 0 Å². The number of hydrogen-bond donors (Lipinski definition) is 2. The van der Waals surface area contributed by atoms with E-state index in [1.54, 1.807) is 0 Å². The lowest BCUT2D eigenvalue weighted by Gasteiger charge is -2.09. The quantitative estimate of drug-likeness (QED) is 0.547. The first-order valence-corrected chi connectivity index (χ1v) is 8.43. The van der Waals surface area contributed by atoms with Crippen molar-refractivity contribution >= 4 is 10.0 Å². The highest BCUT2D eigenvalue weighted by molar-refractivity contribution is 7.89. The largest absolute Gasteiger partial charge is 0.380 e. The average Bonchev–Trinajstić information content (AvgIpc) is 3.07. The first-order chi connectivity index (χ1) is 8.49. The third-order valence-electron chi connectivity index (χ3n) is 2.76. The summed E-state index contributed by atoms with van der Waals surface area (Å²) in [6, 6.07) is 0.400. The van der Waals surface area contributed by atoms with Gasteiger partial charge in [-0.25, -0.2) is 13.1 Å². The van der Waals surface area contributed by atoms with E-state index in [1.807, 2.05) is 13.8 Å². The van der Waals surface area contributed by atoms with Gasteiger partial charge >= 0.3 is 0 Å². The van der Waals surface area contributed by atoms with Gasteiger partial charge in [0.05, 0.1) is 12.4 Å². The van der Waals surface area contributed by atoms with E-state index in [1.165, 1.54) is 12.8 Å². The van der Waals surface area contributed by atoms with E-state index < -0.39 is 10.0 Å². The molecule has 0 spiro atoms. The van der Waals surface area contributed by atoms with Crippen LogP contribution in [0.3, 0.4) is 0 Å². The lowest BCUT2D eigenvalue weighted by atomic mass is 10.4. The third-order valence-corrected chi connectivity index (χ3v) is 4.23. The zero-order valence-electron chi connectivity index (χ0n) is 11.4. The molecule has 1 saturated carbocycles. The molecule has 0 saturated heterocycles. The van der Waals surface area contributed by atoms with E-state index in [-0.39, 0.29) is 5.75 Å². The van der Waals surface area contributed by atoms with Crippen molar-refractivity contribution in [3.05, 3.63) is 0 Å². The molecule has 0 aromatic carbocycles. The minimum Gasteiger partial charge on any atom is -0.380 e. The second kappa shape index (κ2) is 8.09. The molecule has 0 radical (unpaired) electrons. The minimum absolute atomic E-state index is 0.176. The molecule has 5 nitrogen and oxygen atoms in total. The van der Waals surface area contributed by atoms with Gasteiger partial charge in [-0.2, -0.15) is 0 Å². The van der Waals surface area contributed by atoms with Crippen LogP contribution < -0.4 is 10.0 Å². The van der Waals surface area contributed by atoms with Crippen LogP contribution in [-0.2, 0) is 14.8 Å². The van der Waals surface area contributed by atoms with Crippen LogP contribution in [0.2, 0.25) is 0 Å². The molecule has 0 bridgehead atoms. The summed E-state index contributed by atoms with van der Waals surface area (Å²) < 4.78 is 31.1. The maximum Gasteiger partial charge on any atom is 0.211 e. The van der Waals surface area contributed by atoms with Crippen molar-refractivity contribution < 1.29 is 13.2 Å². The Hall–Kier alpha value is -0.170. The summed E-state index contributed by atoms with van der Waals surface area (Å²) in [5, 5.41) is 3.20. The summed E-state index contributed by atoms with van der Waals surface area (Å²) in [5.74, 6) is 0.902. The second-order valence-corrected chi connectivity index (χ2v) is 7.12. The molecule has 0 heterocycles. The Kier molecular flexibility index (Phi) is 7.14. The second-order valence-electron chi connectivity index (χ2n) is 5.19. The first-order valence-electron chi connectivity index (χ1n) is 6.78. The smallest absolute Gasteiger partial charge is 0.211 e. The zero-order chi connectivity index (χ0) is 13.4. The molecule has 1 aliphatic carbocycles. The number of ether oxygens (including phenoxy) is 1. The third kappa shape index (κ3) is 8.85. The van der Waals surface area contributed by atoms with Crippen LogP contribution in [0, 0.1) is 5.92 Å². The lowest BCUT2D eigenvalue weighted by Crippen LogP contribution is -2.32. The fourth-order valence-corrected chi connectivity index (χ4v) is 2.59. The van der Waals surface area contributed by atoms with Crippen LogP contribution in [0.1, 0.15) is 33.1 Å². The van der Waals surface area contributed by atoms with E-state index in [0.717, 1.165) is 19.1 Å². The molecule has 0 amide bonds. The lowest BCUT2D eigenvalue weighted by molar-refractivity contribution is 0.129. The molecular weight excluding hydrogens is 252 g/mol. The van der Waals surface area contributed by atoms with Crippen LogP contribution in [0.5, 0.6) is 0 Å². The molecule has 0 aliphatic heterocycles. The molecule has 0 aromatic heterocycles. The molecule has 1 fully saturated rings. The predicted molar refractivity (Wildman–Crippen MR) is 73.1 cm³/mol. The minimum atomic E-state index is -3.13. The van der Waals surface area contributed by atoms with Gasteiger partial charge < -0.3 is 10.1 Å². The molecule has 18 heavy (non-hydrogen) atoms. The normalized spacial score (nSPS) is 16.4. The monoisotopic (exact) mass is 278 g/mol. The Morgan fingerprint density at radius 3 is 2.61 bits per heavy atom. The standard InChI is InChI=1S/C12H26N2O3S/c1-11(2)13-6-3-9-18(15,16)14-7-8-17-10-12-4-5-12/h11-14H,3-10H2,1-2H3. The summed E-state index contributed by atoms with van der Waals surface area (Å²) in [5.41, 5.74) is 0. The highest BCUT2D eigenvalue weighted by atomic mass is 32.2. The molecule has 0 unspecified atom stereocenters. The first kappa shape index (κ1) is 15.9. The van der Waals surface area contributed by atoms with Crippen molar-refractivity contribution in [3.8, 4) is 0 Å². The number of hydrogen-bond acceptors (Lipinski definition) is 4. The van der Waals surface area contributed by atoms with E-state index in [9.17, 15) is 8.42 Å². The molecule has 1 rings (SSSR count). The summed E-state index contributed by atoms with van der Waals surface area (Å²) in [6.07, 6.45) is 3.15. The molecular formula is C12H26N2O3S. The molecule has 108 valence electrons. The zero-order valence-corrected chi connectivity index (χ0v) is 12.3. The Morgan fingerprint density at radius 2 is 2.00 bits per heavy atom. The Balaban J connectivity index is 1.96. The van der Waals surface area contributed by atoms with E-state index in [4.69, 9.17) is 4.74 Å².